The molecule has 2 unspecified atom stereocenters. The van der Waals surface area contributed by atoms with E-state index in [9.17, 15) is 5.11 Å². The molecule has 3 heteroatoms. The van der Waals surface area contributed by atoms with Gasteiger partial charge in [-0.1, -0.05) is 19.1 Å². The van der Waals surface area contributed by atoms with Gasteiger partial charge in [0.05, 0.1) is 18.8 Å². The van der Waals surface area contributed by atoms with Gasteiger partial charge in [-0.15, -0.1) is 0 Å². The molecule has 0 aromatic heterocycles. The van der Waals surface area contributed by atoms with E-state index in [1.807, 2.05) is 13.0 Å². The predicted molar refractivity (Wildman–Crippen MR) is 75.7 cm³/mol. The van der Waals surface area contributed by atoms with Crippen molar-refractivity contribution in [3.8, 4) is 5.75 Å². The number of fused-ring (bicyclic) bond motifs is 1. The van der Waals surface area contributed by atoms with E-state index in [0.29, 0.717) is 6.61 Å². The summed E-state index contributed by atoms with van der Waals surface area (Å²) >= 11 is 0. The van der Waals surface area contributed by atoms with Crippen LogP contribution in [0.2, 0.25) is 0 Å². The summed E-state index contributed by atoms with van der Waals surface area (Å²) < 4.78 is 11.0. The highest BCUT2D eigenvalue weighted by atomic mass is 16.5. The lowest BCUT2D eigenvalue weighted by Crippen LogP contribution is -2.28. The van der Waals surface area contributed by atoms with E-state index in [1.54, 1.807) is 0 Å². The third-order valence-corrected chi connectivity index (χ3v) is 3.69. The van der Waals surface area contributed by atoms with Crippen molar-refractivity contribution in [1.82, 2.24) is 0 Å². The summed E-state index contributed by atoms with van der Waals surface area (Å²) in [7, 11) is 0. The maximum atomic E-state index is 10.1. The molecule has 19 heavy (non-hydrogen) atoms. The van der Waals surface area contributed by atoms with Crippen LogP contribution in [0.5, 0.6) is 5.75 Å². The monoisotopic (exact) mass is 264 g/mol. The molecule has 0 spiro atoms. The van der Waals surface area contributed by atoms with Crippen molar-refractivity contribution in [2.24, 2.45) is 0 Å². The van der Waals surface area contributed by atoms with Crippen molar-refractivity contribution in [2.75, 3.05) is 13.2 Å². The largest absolute Gasteiger partial charge is 0.493 e. The zero-order valence-corrected chi connectivity index (χ0v) is 11.9. The zero-order chi connectivity index (χ0) is 13.7. The van der Waals surface area contributed by atoms with Gasteiger partial charge in [0.2, 0.25) is 0 Å². The third kappa shape index (κ3) is 3.71. The molecule has 2 rings (SSSR count). The topological polar surface area (TPSA) is 38.7 Å². The van der Waals surface area contributed by atoms with Crippen molar-refractivity contribution in [3.05, 3.63) is 29.3 Å². The molecule has 0 fully saturated rings. The Morgan fingerprint density at radius 2 is 2.21 bits per heavy atom. The molecule has 0 radical (unpaired) electrons. The van der Waals surface area contributed by atoms with Crippen LogP contribution in [-0.4, -0.2) is 30.5 Å². The molecule has 0 saturated heterocycles. The van der Waals surface area contributed by atoms with Crippen LogP contribution in [0, 0.1) is 0 Å². The maximum Gasteiger partial charge on any atom is 0.122 e. The molecule has 106 valence electrons. The number of aliphatic hydroxyl groups excluding tert-OH is 1. The molecule has 1 N–H and O–H groups in total. The van der Waals surface area contributed by atoms with Crippen LogP contribution in [0.3, 0.4) is 0 Å². The van der Waals surface area contributed by atoms with Crippen LogP contribution < -0.4 is 4.74 Å². The second-order valence-corrected chi connectivity index (χ2v) is 5.05. The lowest BCUT2D eigenvalue weighted by Gasteiger charge is -2.21. The van der Waals surface area contributed by atoms with Crippen molar-refractivity contribution in [2.45, 2.75) is 51.7 Å². The Labute approximate surface area is 115 Å². The molecule has 0 saturated carbocycles. The van der Waals surface area contributed by atoms with E-state index in [4.69, 9.17) is 9.47 Å². The van der Waals surface area contributed by atoms with E-state index < -0.39 is 0 Å². The molecule has 2 atom stereocenters. The Balaban J connectivity index is 1.87. The summed E-state index contributed by atoms with van der Waals surface area (Å²) in [5, 5.41) is 10.1. The highest BCUT2D eigenvalue weighted by molar-refractivity contribution is 5.39. The SMILES string of the molecule is CCOC(CC)C(O)CCc1ccc2c(c1)CCO2. The summed E-state index contributed by atoms with van der Waals surface area (Å²) in [6.45, 7) is 5.47. The van der Waals surface area contributed by atoms with Gasteiger partial charge >= 0.3 is 0 Å². The normalized spacial score (nSPS) is 16.8. The third-order valence-electron chi connectivity index (χ3n) is 3.69. The summed E-state index contributed by atoms with van der Waals surface area (Å²) in [5.74, 6) is 1.02. The van der Waals surface area contributed by atoms with Crippen molar-refractivity contribution < 1.29 is 14.6 Å². The number of hydrogen-bond donors (Lipinski definition) is 1. The summed E-state index contributed by atoms with van der Waals surface area (Å²) in [5.41, 5.74) is 2.57. The fourth-order valence-corrected chi connectivity index (χ4v) is 2.61. The number of hydrogen-bond acceptors (Lipinski definition) is 3. The Kier molecular flexibility index (Phi) is 5.23. The predicted octanol–water partition coefficient (Wildman–Crippen LogP) is 2.73. The first-order valence-electron chi connectivity index (χ1n) is 7.28. The molecule has 1 heterocycles. The number of ether oxygens (including phenoxy) is 2. The molecule has 3 nitrogen and oxygen atoms in total. The summed E-state index contributed by atoms with van der Waals surface area (Å²) in [4.78, 5) is 0. The fraction of sp³-hybridized carbons (Fsp3) is 0.625. The van der Waals surface area contributed by atoms with Crippen LogP contribution in [0.25, 0.3) is 0 Å². The van der Waals surface area contributed by atoms with Gasteiger partial charge in [-0.05, 0) is 43.4 Å². The van der Waals surface area contributed by atoms with Gasteiger partial charge in [-0.2, -0.15) is 0 Å². The van der Waals surface area contributed by atoms with Crippen LogP contribution >= 0.6 is 0 Å². The molecule has 0 aliphatic carbocycles. The van der Waals surface area contributed by atoms with Gasteiger partial charge in [0, 0.05) is 13.0 Å². The van der Waals surface area contributed by atoms with Gasteiger partial charge in [-0.3, -0.25) is 0 Å². The molecule has 0 amide bonds. The maximum absolute atomic E-state index is 10.1. The molecule has 1 aliphatic rings. The number of rotatable bonds is 7. The minimum absolute atomic E-state index is 0.0391. The quantitative estimate of drug-likeness (QED) is 0.823. The van der Waals surface area contributed by atoms with Crippen LogP contribution in [0.15, 0.2) is 18.2 Å². The van der Waals surface area contributed by atoms with Crippen LogP contribution in [0.1, 0.15) is 37.8 Å². The standard InChI is InChI=1S/C16H24O3/c1-3-15(18-4-2)14(17)7-5-12-6-8-16-13(11-12)9-10-19-16/h6,8,11,14-15,17H,3-5,7,9-10H2,1-2H3. The van der Waals surface area contributed by atoms with Gasteiger partial charge < -0.3 is 14.6 Å². The highest BCUT2D eigenvalue weighted by Crippen LogP contribution is 2.26. The Hall–Kier alpha value is -1.06. The first-order valence-corrected chi connectivity index (χ1v) is 7.28. The van der Waals surface area contributed by atoms with E-state index >= 15 is 0 Å². The first-order chi connectivity index (χ1) is 9.24. The minimum atomic E-state index is -0.380. The zero-order valence-electron chi connectivity index (χ0n) is 11.9. The molecule has 1 aliphatic heterocycles. The Morgan fingerprint density at radius 1 is 1.37 bits per heavy atom. The summed E-state index contributed by atoms with van der Waals surface area (Å²) in [6, 6.07) is 6.35. The van der Waals surface area contributed by atoms with E-state index in [-0.39, 0.29) is 12.2 Å². The van der Waals surface area contributed by atoms with Crippen LogP contribution in [-0.2, 0) is 17.6 Å². The van der Waals surface area contributed by atoms with Crippen molar-refractivity contribution >= 4 is 0 Å². The van der Waals surface area contributed by atoms with E-state index in [1.165, 1.54) is 11.1 Å². The molecular formula is C16H24O3. The van der Waals surface area contributed by atoms with E-state index in [0.717, 1.165) is 38.0 Å². The Bertz CT molecular complexity index is 403. The van der Waals surface area contributed by atoms with Gasteiger partial charge in [0.1, 0.15) is 5.75 Å². The minimum Gasteiger partial charge on any atom is -0.493 e. The molecule has 0 bridgehead atoms. The number of benzene rings is 1. The van der Waals surface area contributed by atoms with Crippen molar-refractivity contribution in [3.63, 3.8) is 0 Å². The van der Waals surface area contributed by atoms with Gasteiger partial charge in [-0.25, -0.2) is 0 Å². The lowest BCUT2D eigenvalue weighted by molar-refractivity contribution is -0.0369. The second kappa shape index (κ2) is 6.92. The van der Waals surface area contributed by atoms with E-state index in [2.05, 4.69) is 19.1 Å². The number of aliphatic hydroxyl groups is 1. The fourth-order valence-electron chi connectivity index (χ4n) is 2.61. The molecule has 1 aromatic carbocycles. The second-order valence-electron chi connectivity index (χ2n) is 5.05. The lowest BCUT2D eigenvalue weighted by atomic mass is 10.00. The number of aryl methyl sites for hydroxylation is 1. The van der Waals surface area contributed by atoms with Crippen LogP contribution in [0.4, 0.5) is 0 Å². The smallest absolute Gasteiger partial charge is 0.122 e. The van der Waals surface area contributed by atoms with Crippen molar-refractivity contribution in [1.29, 1.82) is 0 Å². The molecule has 1 aromatic rings. The Morgan fingerprint density at radius 3 is 2.95 bits per heavy atom. The van der Waals surface area contributed by atoms with Gasteiger partial charge in [0.15, 0.2) is 0 Å². The average molecular weight is 264 g/mol. The average Bonchev–Trinajstić information content (AvgIpc) is 2.89. The van der Waals surface area contributed by atoms with Gasteiger partial charge in [0.25, 0.3) is 0 Å². The highest BCUT2D eigenvalue weighted by Gasteiger charge is 2.18. The molecular weight excluding hydrogens is 240 g/mol. The first kappa shape index (κ1) is 14.4. The summed E-state index contributed by atoms with van der Waals surface area (Å²) in [6.07, 6.45) is 3.07.